The van der Waals surface area contributed by atoms with Gasteiger partial charge in [0.15, 0.2) is 0 Å². The predicted octanol–water partition coefficient (Wildman–Crippen LogP) is 3.59. The van der Waals surface area contributed by atoms with Gasteiger partial charge in [-0.05, 0) is 24.1 Å². The van der Waals surface area contributed by atoms with Crippen molar-refractivity contribution in [3.63, 3.8) is 0 Å². The fourth-order valence-corrected chi connectivity index (χ4v) is 3.19. The van der Waals surface area contributed by atoms with Crippen molar-refractivity contribution in [2.24, 2.45) is 5.92 Å². The number of nitrogens with one attached hydrogen (secondary N) is 1. The molecule has 0 aliphatic carbocycles. The molecule has 7 heteroatoms. The number of hydrogen-bond acceptors (Lipinski definition) is 4. The molecular weight excluding hydrogens is 321 g/mol. The van der Waals surface area contributed by atoms with Crippen LogP contribution in [-0.2, 0) is 0 Å². The van der Waals surface area contributed by atoms with Crippen LogP contribution in [0.5, 0.6) is 11.5 Å². The molecule has 0 spiro atoms. The largest absolute Gasteiger partial charge is 0.573 e. The molecule has 1 N–H and O–H groups in total. The summed E-state index contributed by atoms with van der Waals surface area (Å²) in [5, 5.41) is 3.30. The van der Waals surface area contributed by atoms with E-state index in [-0.39, 0.29) is 17.7 Å². The number of halogens is 3. The lowest BCUT2D eigenvalue weighted by Gasteiger charge is -2.39. The lowest BCUT2D eigenvalue weighted by molar-refractivity contribution is -0.274. The van der Waals surface area contributed by atoms with Crippen molar-refractivity contribution < 1.29 is 22.6 Å². The normalized spacial score (nSPS) is 18.9. The van der Waals surface area contributed by atoms with E-state index in [2.05, 4.69) is 28.8 Å². The molecule has 1 aromatic rings. The summed E-state index contributed by atoms with van der Waals surface area (Å²) < 4.78 is 47.2. The van der Waals surface area contributed by atoms with E-state index in [4.69, 9.17) is 4.74 Å². The lowest BCUT2D eigenvalue weighted by Crippen LogP contribution is -2.46. The number of ether oxygens (including phenoxy) is 2. The number of rotatable bonds is 6. The zero-order valence-electron chi connectivity index (χ0n) is 14.3. The Balaban J connectivity index is 2.40. The molecule has 0 radical (unpaired) electrons. The summed E-state index contributed by atoms with van der Waals surface area (Å²) in [6, 6.07) is 4.30. The summed E-state index contributed by atoms with van der Waals surface area (Å²) in [5.74, 6) is 0.660. The van der Waals surface area contributed by atoms with Gasteiger partial charge in [-0.15, -0.1) is 13.2 Å². The third-order valence-electron chi connectivity index (χ3n) is 4.48. The number of piperazine rings is 1. The Hall–Kier alpha value is -1.47. The Morgan fingerprint density at radius 3 is 2.46 bits per heavy atom. The molecule has 1 heterocycles. The van der Waals surface area contributed by atoms with Crippen LogP contribution in [0.1, 0.15) is 31.9 Å². The molecule has 24 heavy (non-hydrogen) atoms. The summed E-state index contributed by atoms with van der Waals surface area (Å²) in [6.07, 6.45) is -3.78. The molecule has 1 aliphatic rings. The maximum Gasteiger partial charge on any atom is 0.573 e. The van der Waals surface area contributed by atoms with Gasteiger partial charge < -0.3 is 14.8 Å². The summed E-state index contributed by atoms with van der Waals surface area (Å²) >= 11 is 0. The molecule has 1 aromatic carbocycles. The predicted molar refractivity (Wildman–Crippen MR) is 86.3 cm³/mol. The summed E-state index contributed by atoms with van der Waals surface area (Å²) in [7, 11) is 1.54. The summed E-state index contributed by atoms with van der Waals surface area (Å²) in [5.41, 5.74) is 0.746. The molecule has 1 fully saturated rings. The molecule has 1 aliphatic heterocycles. The Morgan fingerprint density at radius 2 is 1.92 bits per heavy atom. The highest BCUT2D eigenvalue weighted by atomic mass is 19.4. The van der Waals surface area contributed by atoms with Crippen molar-refractivity contribution in [1.29, 1.82) is 0 Å². The van der Waals surface area contributed by atoms with E-state index in [0.29, 0.717) is 5.75 Å². The van der Waals surface area contributed by atoms with Crippen molar-refractivity contribution in [1.82, 2.24) is 10.2 Å². The van der Waals surface area contributed by atoms with Crippen LogP contribution in [-0.4, -0.2) is 44.6 Å². The quantitative estimate of drug-likeness (QED) is 0.854. The minimum absolute atomic E-state index is 0.0103. The van der Waals surface area contributed by atoms with Crippen LogP contribution in [0.4, 0.5) is 13.2 Å². The molecule has 0 saturated carbocycles. The first-order valence-electron chi connectivity index (χ1n) is 8.24. The average molecular weight is 346 g/mol. The van der Waals surface area contributed by atoms with Crippen LogP contribution in [0.25, 0.3) is 0 Å². The van der Waals surface area contributed by atoms with Crippen LogP contribution in [0.15, 0.2) is 18.2 Å². The smallest absolute Gasteiger partial charge is 0.496 e. The van der Waals surface area contributed by atoms with Gasteiger partial charge in [0.25, 0.3) is 0 Å². The highest BCUT2D eigenvalue weighted by molar-refractivity contribution is 5.42. The second-order valence-corrected chi connectivity index (χ2v) is 6.07. The van der Waals surface area contributed by atoms with Crippen LogP contribution in [0.2, 0.25) is 0 Å². The summed E-state index contributed by atoms with van der Waals surface area (Å²) in [6.45, 7) is 7.64. The van der Waals surface area contributed by atoms with E-state index in [9.17, 15) is 13.2 Å². The zero-order chi connectivity index (χ0) is 17.7. The van der Waals surface area contributed by atoms with E-state index in [1.165, 1.54) is 19.2 Å². The molecule has 0 aromatic heterocycles. The molecular formula is C17H25F3N2O2. The molecule has 1 unspecified atom stereocenters. The molecule has 136 valence electrons. The van der Waals surface area contributed by atoms with Gasteiger partial charge in [0.2, 0.25) is 0 Å². The van der Waals surface area contributed by atoms with E-state index in [1.807, 2.05) is 0 Å². The monoisotopic (exact) mass is 346 g/mol. The van der Waals surface area contributed by atoms with Gasteiger partial charge in [0, 0.05) is 37.8 Å². The van der Waals surface area contributed by atoms with Gasteiger partial charge >= 0.3 is 6.36 Å². The highest BCUT2D eigenvalue weighted by Crippen LogP contribution is 2.39. The second kappa shape index (κ2) is 8.07. The maximum absolute atomic E-state index is 12.6. The molecule has 2 atom stereocenters. The Labute approximate surface area is 140 Å². The molecule has 4 nitrogen and oxygen atoms in total. The minimum Gasteiger partial charge on any atom is -0.496 e. The summed E-state index contributed by atoms with van der Waals surface area (Å²) in [4.78, 5) is 2.31. The molecule has 2 rings (SSSR count). The van der Waals surface area contributed by atoms with Crippen LogP contribution >= 0.6 is 0 Å². The van der Waals surface area contributed by atoms with Gasteiger partial charge in [-0.1, -0.05) is 20.3 Å². The fraction of sp³-hybridized carbons (Fsp3) is 0.647. The minimum atomic E-state index is -4.70. The third kappa shape index (κ3) is 4.77. The lowest BCUT2D eigenvalue weighted by atomic mass is 9.89. The van der Waals surface area contributed by atoms with Crippen molar-refractivity contribution in [2.75, 3.05) is 33.3 Å². The Morgan fingerprint density at radius 1 is 1.25 bits per heavy atom. The second-order valence-electron chi connectivity index (χ2n) is 6.07. The number of methoxy groups -OCH3 is 1. The number of nitrogens with zero attached hydrogens (tertiary/aromatic N) is 1. The number of alkyl halides is 3. The standard InChI is InChI=1S/C17H25F3N2O2/c1-4-12(2)16(22-9-7-21-8-10-22)14-11-13(24-17(18,19)20)5-6-15(14)23-3/h5-6,11-12,16,21H,4,7-10H2,1-3H3/t12?,16-/m1/s1. The van der Waals surface area contributed by atoms with Crippen molar-refractivity contribution in [2.45, 2.75) is 32.7 Å². The van der Waals surface area contributed by atoms with E-state index < -0.39 is 6.36 Å². The molecule has 0 amide bonds. The first kappa shape index (κ1) is 18.9. The fourth-order valence-electron chi connectivity index (χ4n) is 3.19. The molecule has 1 saturated heterocycles. The first-order chi connectivity index (χ1) is 11.4. The van der Waals surface area contributed by atoms with Crippen LogP contribution in [0.3, 0.4) is 0 Å². The number of hydrogen-bond donors (Lipinski definition) is 1. The first-order valence-corrected chi connectivity index (χ1v) is 8.24. The van der Waals surface area contributed by atoms with Gasteiger partial charge in [-0.2, -0.15) is 0 Å². The number of benzene rings is 1. The topological polar surface area (TPSA) is 33.7 Å². The average Bonchev–Trinajstić information content (AvgIpc) is 2.54. The maximum atomic E-state index is 12.6. The van der Waals surface area contributed by atoms with Crippen molar-refractivity contribution in [3.8, 4) is 11.5 Å². The molecule has 0 bridgehead atoms. The van der Waals surface area contributed by atoms with Crippen LogP contribution < -0.4 is 14.8 Å². The highest BCUT2D eigenvalue weighted by Gasteiger charge is 2.33. The van der Waals surface area contributed by atoms with Crippen LogP contribution in [0, 0.1) is 5.92 Å². The van der Waals surface area contributed by atoms with Gasteiger partial charge in [-0.25, -0.2) is 0 Å². The third-order valence-corrected chi connectivity index (χ3v) is 4.48. The Bertz CT molecular complexity index is 531. The SMILES string of the molecule is CCC(C)[C@H](c1cc(OC(F)(F)F)ccc1OC)N1CCNCC1. The van der Waals surface area contributed by atoms with Crippen molar-refractivity contribution in [3.05, 3.63) is 23.8 Å². The van der Waals surface area contributed by atoms with E-state index in [0.717, 1.165) is 38.2 Å². The van der Waals surface area contributed by atoms with Gasteiger partial charge in [-0.3, -0.25) is 4.90 Å². The van der Waals surface area contributed by atoms with E-state index in [1.54, 1.807) is 6.07 Å². The van der Waals surface area contributed by atoms with Crippen molar-refractivity contribution >= 4 is 0 Å². The Kier molecular flexibility index (Phi) is 6.34. The van der Waals surface area contributed by atoms with Gasteiger partial charge in [0.05, 0.1) is 7.11 Å². The van der Waals surface area contributed by atoms with E-state index >= 15 is 0 Å². The zero-order valence-corrected chi connectivity index (χ0v) is 14.3. The van der Waals surface area contributed by atoms with Gasteiger partial charge in [0.1, 0.15) is 11.5 Å².